The molecule has 6 nitrogen and oxygen atoms in total. The highest BCUT2D eigenvalue weighted by atomic mass is 19.1. The van der Waals surface area contributed by atoms with E-state index in [1.165, 1.54) is 24.3 Å². The second-order valence-corrected chi connectivity index (χ2v) is 6.51. The summed E-state index contributed by atoms with van der Waals surface area (Å²) in [5.41, 5.74) is 3.33. The van der Waals surface area contributed by atoms with Crippen molar-refractivity contribution in [3.05, 3.63) is 72.6 Å². The maximum absolute atomic E-state index is 12.9. The Morgan fingerprint density at radius 1 is 0.900 bits per heavy atom. The summed E-state index contributed by atoms with van der Waals surface area (Å²) in [5.74, 6) is -0.625. The van der Waals surface area contributed by atoms with Gasteiger partial charge in [0, 0.05) is 6.08 Å². The Hall–Kier alpha value is -3.35. The van der Waals surface area contributed by atoms with Crippen molar-refractivity contribution < 1.29 is 28.3 Å². The standard InChI is InChI=1S/C23H26FNO5/c1-2-22(26)29-17-7-5-3-4-6-16-28-21-14-8-18(9-15-21)23(27)30-25-20-12-10-19(24)11-13-20/h2,8-15,25H,1,3-7,16-17H2. The van der Waals surface area contributed by atoms with Gasteiger partial charge in [0.1, 0.15) is 11.6 Å². The lowest BCUT2D eigenvalue weighted by Crippen LogP contribution is -2.10. The molecule has 0 heterocycles. The second kappa shape index (κ2) is 13.0. The number of benzene rings is 2. The number of nitrogens with one attached hydrogen (secondary N) is 1. The van der Waals surface area contributed by atoms with E-state index in [1.807, 2.05) is 0 Å². The zero-order chi connectivity index (χ0) is 21.6. The van der Waals surface area contributed by atoms with Gasteiger partial charge >= 0.3 is 11.9 Å². The number of carbonyl (C=O) groups excluding carboxylic acids is 2. The fourth-order valence-electron chi connectivity index (χ4n) is 2.53. The van der Waals surface area contributed by atoms with E-state index in [1.54, 1.807) is 24.3 Å². The highest BCUT2D eigenvalue weighted by Gasteiger charge is 2.08. The van der Waals surface area contributed by atoms with Crippen LogP contribution in [0.2, 0.25) is 0 Å². The van der Waals surface area contributed by atoms with Gasteiger partial charge in [0.05, 0.1) is 24.5 Å². The molecule has 0 amide bonds. The van der Waals surface area contributed by atoms with Gasteiger partial charge in [-0.1, -0.05) is 25.8 Å². The summed E-state index contributed by atoms with van der Waals surface area (Å²) in [6.07, 6.45) is 5.98. The molecule has 0 unspecified atom stereocenters. The molecule has 7 heteroatoms. The molecule has 0 spiro atoms. The SMILES string of the molecule is C=CC(=O)OCCCCCCCOc1ccc(C(=O)ONc2ccc(F)cc2)cc1. The molecule has 0 aliphatic carbocycles. The van der Waals surface area contributed by atoms with Crippen molar-refractivity contribution >= 4 is 17.6 Å². The van der Waals surface area contributed by atoms with Gasteiger partial charge in [-0.15, -0.1) is 0 Å². The van der Waals surface area contributed by atoms with Crippen molar-refractivity contribution in [2.75, 3.05) is 18.7 Å². The Labute approximate surface area is 175 Å². The summed E-state index contributed by atoms with van der Waals surface area (Å²) in [6, 6.07) is 12.1. The summed E-state index contributed by atoms with van der Waals surface area (Å²) in [6.45, 7) is 4.36. The van der Waals surface area contributed by atoms with Crippen LogP contribution in [0.5, 0.6) is 5.75 Å². The Morgan fingerprint density at radius 3 is 2.20 bits per heavy atom. The molecule has 0 bridgehead atoms. The van der Waals surface area contributed by atoms with E-state index in [0.717, 1.165) is 38.2 Å². The minimum Gasteiger partial charge on any atom is -0.494 e. The van der Waals surface area contributed by atoms with Crippen molar-refractivity contribution in [3.63, 3.8) is 0 Å². The maximum Gasteiger partial charge on any atom is 0.362 e. The van der Waals surface area contributed by atoms with E-state index >= 15 is 0 Å². The van der Waals surface area contributed by atoms with Gasteiger partial charge in [-0.3, -0.25) is 0 Å². The van der Waals surface area contributed by atoms with E-state index < -0.39 is 5.97 Å². The average molecular weight is 415 g/mol. The molecule has 2 aromatic rings. The van der Waals surface area contributed by atoms with Gasteiger partial charge in [0.2, 0.25) is 0 Å². The van der Waals surface area contributed by atoms with E-state index in [4.69, 9.17) is 14.3 Å². The number of ether oxygens (including phenoxy) is 2. The first-order chi connectivity index (χ1) is 14.6. The molecule has 1 N–H and O–H groups in total. The fourth-order valence-corrected chi connectivity index (χ4v) is 2.53. The molecular formula is C23H26FNO5. The lowest BCUT2D eigenvalue weighted by molar-refractivity contribution is -0.137. The molecule has 0 aromatic heterocycles. The molecule has 0 atom stereocenters. The van der Waals surface area contributed by atoms with Crippen LogP contribution in [0.4, 0.5) is 10.1 Å². The van der Waals surface area contributed by atoms with E-state index in [2.05, 4.69) is 12.1 Å². The lowest BCUT2D eigenvalue weighted by atomic mass is 10.1. The number of carbonyl (C=O) groups is 2. The number of hydrogen-bond donors (Lipinski definition) is 1. The molecule has 0 aliphatic heterocycles. The summed E-state index contributed by atoms with van der Waals surface area (Å²) in [4.78, 5) is 27.9. The number of rotatable bonds is 13. The first-order valence-corrected chi connectivity index (χ1v) is 9.83. The molecule has 0 aliphatic rings. The van der Waals surface area contributed by atoms with Gasteiger partial charge in [-0.2, -0.15) is 0 Å². The van der Waals surface area contributed by atoms with Crippen LogP contribution < -0.4 is 10.2 Å². The van der Waals surface area contributed by atoms with Crippen LogP contribution in [0, 0.1) is 5.82 Å². The Kier molecular flexibility index (Phi) is 9.92. The van der Waals surface area contributed by atoms with Crippen molar-refractivity contribution in [1.29, 1.82) is 0 Å². The third-order valence-electron chi connectivity index (χ3n) is 4.16. The highest BCUT2D eigenvalue weighted by Crippen LogP contribution is 2.15. The minimum absolute atomic E-state index is 0.367. The largest absolute Gasteiger partial charge is 0.494 e. The molecule has 160 valence electrons. The van der Waals surface area contributed by atoms with Gasteiger partial charge in [-0.05, 0) is 61.4 Å². The van der Waals surface area contributed by atoms with Crippen molar-refractivity contribution in [3.8, 4) is 5.75 Å². The van der Waals surface area contributed by atoms with Crippen LogP contribution in [0.15, 0.2) is 61.2 Å². The zero-order valence-electron chi connectivity index (χ0n) is 16.8. The molecule has 2 aromatic carbocycles. The quantitative estimate of drug-likeness (QED) is 0.213. The summed E-state index contributed by atoms with van der Waals surface area (Å²) in [7, 11) is 0. The monoisotopic (exact) mass is 415 g/mol. The number of halogens is 1. The third-order valence-corrected chi connectivity index (χ3v) is 4.16. The topological polar surface area (TPSA) is 73.9 Å². The van der Waals surface area contributed by atoms with Crippen molar-refractivity contribution in [2.45, 2.75) is 32.1 Å². The van der Waals surface area contributed by atoms with Gasteiger partial charge in [0.15, 0.2) is 0 Å². The molecular weight excluding hydrogens is 389 g/mol. The van der Waals surface area contributed by atoms with Crippen LogP contribution in [0.3, 0.4) is 0 Å². The fraction of sp³-hybridized carbons (Fsp3) is 0.304. The zero-order valence-corrected chi connectivity index (χ0v) is 16.8. The van der Waals surface area contributed by atoms with Crippen molar-refractivity contribution in [1.82, 2.24) is 0 Å². The lowest BCUT2D eigenvalue weighted by Gasteiger charge is -2.08. The van der Waals surface area contributed by atoms with Gasteiger partial charge < -0.3 is 14.3 Å². The summed E-state index contributed by atoms with van der Waals surface area (Å²) >= 11 is 0. The number of unbranched alkanes of at least 4 members (excludes halogenated alkanes) is 4. The van der Waals surface area contributed by atoms with E-state index in [0.29, 0.717) is 30.2 Å². The van der Waals surface area contributed by atoms with Gasteiger partial charge in [-0.25, -0.2) is 19.5 Å². The van der Waals surface area contributed by atoms with E-state index in [9.17, 15) is 14.0 Å². The Morgan fingerprint density at radius 2 is 1.53 bits per heavy atom. The van der Waals surface area contributed by atoms with Crippen LogP contribution in [0.1, 0.15) is 42.5 Å². The number of esters is 1. The summed E-state index contributed by atoms with van der Waals surface area (Å²) in [5, 5.41) is 0. The number of hydrogen-bond acceptors (Lipinski definition) is 6. The predicted octanol–water partition coefficient (Wildman–Crippen LogP) is 5.07. The number of anilines is 1. The van der Waals surface area contributed by atoms with E-state index in [-0.39, 0.29) is 11.8 Å². The molecule has 0 saturated carbocycles. The molecule has 0 radical (unpaired) electrons. The third kappa shape index (κ3) is 8.77. The first-order valence-electron chi connectivity index (χ1n) is 9.83. The molecule has 2 rings (SSSR count). The molecule has 0 fully saturated rings. The minimum atomic E-state index is -0.551. The Balaban J connectivity index is 1.57. The van der Waals surface area contributed by atoms with Crippen molar-refractivity contribution in [2.24, 2.45) is 0 Å². The van der Waals surface area contributed by atoms with Crippen LogP contribution in [-0.2, 0) is 14.4 Å². The second-order valence-electron chi connectivity index (χ2n) is 6.51. The normalized spacial score (nSPS) is 10.2. The Bertz CT molecular complexity index is 805. The van der Waals surface area contributed by atoms with Crippen LogP contribution >= 0.6 is 0 Å². The van der Waals surface area contributed by atoms with Crippen LogP contribution in [0.25, 0.3) is 0 Å². The maximum atomic E-state index is 12.9. The first kappa shape index (κ1) is 22.9. The molecule has 0 saturated heterocycles. The average Bonchev–Trinajstić information content (AvgIpc) is 2.77. The van der Waals surface area contributed by atoms with Gasteiger partial charge in [0.25, 0.3) is 0 Å². The smallest absolute Gasteiger partial charge is 0.362 e. The predicted molar refractivity (Wildman–Crippen MR) is 112 cm³/mol. The van der Waals surface area contributed by atoms with Crippen LogP contribution in [-0.4, -0.2) is 25.2 Å². The highest BCUT2D eigenvalue weighted by molar-refractivity contribution is 5.90. The molecule has 30 heavy (non-hydrogen) atoms. The summed E-state index contributed by atoms with van der Waals surface area (Å²) < 4.78 is 23.4.